The Balaban J connectivity index is 1.30. The molecule has 1 N–H and O–H groups in total. The van der Waals surface area contributed by atoms with Crippen molar-refractivity contribution in [1.29, 1.82) is 0 Å². The van der Waals surface area contributed by atoms with Crippen molar-refractivity contribution in [3.05, 3.63) is 90.0 Å². The van der Waals surface area contributed by atoms with Gasteiger partial charge in [-0.2, -0.15) is 5.10 Å². The quantitative estimate of drug-likeness (QED) is 0.238. The molecule has 0 atom stereocenters. The maximum absolute atomic E-state index is 12.1. The summed E-state index contributed by atoms with van der Waals surface area (Å²) in [5, 5.41) is 4.08. The molecule has 0 bridgehead atoms. The maximum Gasteiger partial charge on any atom is 0.250 e. The molecule has 150 valence electrons. The van der Waals surface area contributed by atoms with Gasteiger partial charge < -0.3 is 4.74 Å². The van der Waals surface area contributed by atoms with Crippen LogP contribution in [0.4, 0.5) is 0 Å². The molecule has 0 saturated heterocycles. The Labute approximate surface area is 182 Å². The van der Waals surface area contributed by atoms with Crippen molar-refractivity contribution >= 4 is 45.4 Å². The number of thiazole rings is 1. The number of hydrogen-bond donors (Lipinski definition) is 1. The number of carbonyl (C=O) groups is 1. The van der Waals surface area contributed by atoms with Gasteiger partial charge in [0.25, 0.3) is 5.91 Å². The average Bonchev–Trinajstić information content (AvgIpc) is 3.21. The summed E-state index contributed by atoms with van der Waals surface area (Å²) in [5.74, 6) is 0.782. The summed E-state index contributed by atoms with van der Waals surface area (Å²) in [5.41, 5.74) is 5.41. The van der Waals surface area contributed by atoms with Crippen molar-refractivity contribution in [3.8, 4) is 5.75 Å². The molecule has 0 radical (unpaired) electrons. The van der Waals surface area contributed by atoms with Crippen molar-refractivity contribution < 1.29 is 9.53 Å². The molecule has 3 aromatic carbocycles. The molecular formula is C23H19N3O2S2. The first-order valence-corrected chi connectivity index (χ1v) is 11.1. The summed E-state index contributed by atoms with van der Waals surface area (Å²) in [4.78, 5) is 16.6. The SMILES string of the molecule is O=C(CSc1nc2ccccc2s1)N/N=C\c1ccccc1OCc1ccccc1. The van der Waals surface area contributed by atoms with E-state index in [0.29, 0.717) is 12.4 Å². The minimum Gasteiger partial charge on any atom is -0.488 e. The number of ether oxygens (including phenoxy) is 1. The van der Waals surface area contributed by atoms with Crippen molar-refractivity contribution in [2.24, 2.45) is 5.10 Å². The third-order valence-electron chi connectivity index (χ3n) is 4.15. The molecule has 0 spiro atoms. The van der Waals surface area contributed by atoms with E-state index in [4.69, 9.17) is 4.74 Å². The minimum atomic E-state index is -0.182. The van der Waals surface area contributed by atoms with Crippen LogP contribution >= 0.6 is 23.1 Å². The van der Waals surface area contributed by atoms with Crippen LogP contribution in [0.5, 0.6) is 5.75 Å². The van der Waals surface area contributed by atoms with E-state index in [-0.39, 0.29) is 11.7 Å². The first kappa shape index (κ1) is 20.1. The Morgan fingerprint density at radius 2 is 1.80 bits per heavy atom. The van der Waals surface area contributed by atoms with E-state index < -0.39 is 0 Å². The van der Waals surface area contributed by atoms with Crippen LogP contribution in [0.25, 0.3) is 10.2 Å². The lowest BCUT2D eigenvalue weighted by molar-refractivity contribution is -0.118. The largest absolute Gasteiger partial charge is 0.488 e. The molecule has 1 amide bonds. The highest BCUT2D eigenvalue weighted by atomic mass is 32.2. The van der Waals surface area contributed by atoms with E-state index in [2.05, 4.69) is 15.5 Å². The van der Waals surface area contributed by atoms with Gasteiger partial charge in [-0.15, -0.1) is 11.3 Å². The van der Waals surface area contributed by atoms with Gasteiger partial charge in [-0.3, -0.25) is 4.79 Å². The molecular weight excluding hydrogens is 414 g/mol. The second kappa shape index (κ2) is 10.0. The van der Waals surface area contributed by atoms with Crippen LogP contribution in [-0.4, -0.2) is 22.9 Å². The molecule has 4 rings (SSSR count). The standard InChI is InChI=1S/C23H19N3O2S2/c27-22(16-29-23-25-19-11-5-7-13-21(19)30-23)26-24-14-18-10-4-6-12-20(18)28-15-17-8-2-1-3-9-17/h1-14H,15-16H2,(H,26,27)/b24-14-. The molecule has 4 aromatic rings. The van der Waals surface area contributed by atoms with Crippen LogP contribution in [0.2, 0.25) is 0 Å². The number of rotatable bonds is 8. The second-order valence-corrected chi connectivity index (χ2v) is 8.59. The Hall–Kier alpha value is -3.16. The Morgan fingerprint density at radius 3 is 2.67 bits per heavy atom. The number of amides is 1. The molecule has 7 heteroatoms. The number of aromatic nitrogens is 1. The lowest BCUT2D eigenvalue weighted by Gasteiger charge is -2.08. The fourth-order valence-corrected chi connectivity index (χ4v) is 4.56. The zero-order valence-corrected chi connectivity index (χ0v) is 17.7. The number of thioether (sulfide) groups is 1. The van der Waals surface area contributed by atoms with Gasteiger partial charge in [0, 0.05) is 5.56 Å². The van der Waals surface area contributed by atoms with Gasteiger partial charge >= 0.3 is 0 Å². The van der Waals surface area contributed by atoms with Crippen LogP contribution in [0.1, 0.15) is 11.1 Å². The third-order valence-corrected chi connectivity index (χ3v) is 6.33. The molecule has 1 aromatic heterocycles. The summed E-state index contributed by atoms with van der Waals surface area (Å²) in [6, 6.07) is 25.5. The fourth-order valence-electron chi connectivity index (χ4n) is 2.70. The summed E-state index contributed by atoms with van der Waals surface area (Å²) < 4.78 is 7.89. The minimum absolute atomic E-state index is 0.182. The summed E-state index contributed by atoms with van der Waals surface area (Å²) in [7, 11) is 0. The van der Waals surface area contributed by atoms with Crippen LogP contribution < -0.4 is 10.2 Å². The Morgan fingerprint density at radius 1 is 1.03 bits per heavy atom. The van der Waals surface area contributed by atoms with E-state index in [0.717, 1.165) is 25.7 Å². The van der Waals surface area contributed by atoms with E-state index in [1.165, 1.54) is 11.8 Å². The summed E-state index contributed by atoms with van der Waals surface area (Å²) >= 11 is 2.99. The molecule has 0 aliphatic rings. The number of benzene rings is 3. The van der Waals surface area contributed by atoms with Crippen molar-refractivity contribution in [3.63, 3.8) is 0 Å². The zero-order chi connectivity index (χ0) is 20.6. The fraction of sp³-hybridized carbons (Fsp3) is 0.0870. The van der Waals surface area contributed by atoms with Gasteiger partial charge in [0.05, 0.1) is 22.2 Å². The molecule has 0 saturated carbocycles. The molecule has 0 fully saturated rings. The van der Waals surface area contributed by atoms with Crippen LogP contribution in [0.15, 0.2) is 88.3 Å². The van der Waals surface area contributed by atoms with Gasteiger partial charge in [-0.1, -0.05) is 66.4 Å². The number of para-hydroxylation sites is 2. The summed E-state index contributed by atoms with van der Waals surface area (Å²) in [6.07, 6.45) is 1.60. The van der Waals surface area contributed by atoms with E-state index >= 15 is 0 Å². The van der Waals surface area contributed by atoms with Crippen LogP contribution in [0.3, 0.4) is 0 Å². The Bertz CT molecular complexity index is 1130. The number of hydrogen-bond acceptors (Lipinski definition) is 6. The first-order valence-electron chi connectivity index (χ1n) is 9.34. The number of nitrogens with zero attached hydrogens (tertiary/aromatic N) is 2. The number of fused-ring (bicyclic) bond motifs is 1. The predicted molar refractivity (Wildman–Crippen MR) is 123 cm³/mol. The van der Waals surface area contributed by atoms with Crippen LogP contribution in [-0.2, 0) is 11.4 Å². The first-order chi connectivity index (χ1) is 14.8. The van der Waals surface area contributed by atoms with Gasteiger partial charge in [0.15, 0.2) is 4.34 Å². The number of carbonyl (C=O) groups excluding carboxylic acids is 1. The predicted octanol–water partition coefficient (Wildman–Crippen LogP) is 5.12. The van der Waals surface area contributed by atoms with Gasteiger partial charge in [-0.25, -0.2) is 10.4 Å². The van der Waals surface area contributed by atoms with E-state index in [1.807, 2.05) is 78.9 Å². The number of nitrogens with one attached hydrogen (secondary N) is 1. The molecule has 5 nitrogen and oxygen atoms in total. The highest BCUT2D eigenvalue weighted by Crippen LogP contribution is 2.29. The monoisotopic (exact) mass is 433 g/mol. The maximum atomic E-state index is 12.1. The van der Waals surface area contributed by atoms with Crippen molar-refractivity contribution in [1.82, 2.24) is 10.4 Å². The molecule has 0 aliphatic carbocycles. The second-order valence-electron chi connectivity index (χ2n) is 6.34. The van der Waals surface area contributed by atoms with Crippen LogP contribution in [0, 0.1) is 0 Å². The zero-order valence-electron chi connectivity index (χ0n) is 16.0. The molecule has 0 aliphatic heterocycles. The van der Waals surface area contributed by atoms with E-state index in [1.54, 1.807) is 17.6 Å². The van der Waals surface area contributed by atoms with Crippen molar-refractivity contribution in [2.45, 2.75) is 10.9 Å². The van der Waals surface area contributed by atoms with Gasteiger partial charge in [-0.05, 0) is 29.8 Å². The van der Waals surface area contributed by atoms with E-state index in [9.17, 15) is 4.79 Å². The Kier molecular flexibility index (Phi) is 6.74. The third kappa shape index (κ3) is 5.46. The molecule has 0 unspecified atom stereocenters. The van der Waals surface area contributed by atoms with Gasteiger partial charge in [0.1, 0.15) is 12.4 Å². The average molecular weight is 434 g/mol. The highest BCUT2D eigenvalue weighted by molar-refractivity contribution is 8.01. The lowest BCUT2D eigenvalue weighted by atomic mass is 10.2. The topological polar surface area (TPSA) is 63.6 Å². The molecule has 1 heterocycles. The normalized spacial score (nSPS) is 11.1. The lowest BCUT2D eigenvalue weighted by Crippen LogP contribution is -2.19. The van der Waals surface area contributed by atoms with Gasteiger partial charge in [0.2, 0.25) is 0 Å². The van der Waals surface area contributed by atoms with Crippen molar-refractivity contribution in [2.75, 3.05) is 5.75 Å². The molecule has 30 heavy (non-hydrogen) atoms. The summed E-state index contributed by atoms with van der Waals surface area (Å²) in [6.45, 7) is 0.469. The smallest absolute Gasteiger partial charge is 0.250 e. The highest BCUT2D eigenvalue weighted by Gasteiger charge is 2.07. The number of hydrazone groups is 1.